The summed E-state index contributed by atoms with van der Waals surface area (Å²) in [6, 6.07) is 0. The van der Waals surface area contributed by atoms with Crippen LogP contribution in [0.2, 0.25) is 6.55 Å². The second kappa shape index (κ2) is 9.36. The second-order valence-corrected chi connectivity index (χ2v) is 15.0. The average molecular weight is 441 g/mol. The molecule has 0 aromatic heterocycles. The number of hydrogen-bond acceptors (Lipinski definition) is 8. The van der Waals surface area contributed by atoms with Gasteiger partial charge in [0.25, 0.3) is 20.0 Å². The van der Waals surface area contributed by atoms with Crippen molar-refractivity contribution in [1.29, 1.82) is 0 Å². The van der Waals surface area contributed by atoms with Crippen molar-refractivity contribution in [3.05, 3.63) is 0 Å². The number of ether oxygens (including phenoxy) is 4. The van der Waals surface area contributed by atoms with E-state index in [9.17, 15) is 0 Å². The summed E-state index contributed by atoms with van der Waals surface area (Å²) >= 11 is 0. The van der Waals surface area contributed by atoms with E-state index >= 15 is 0 Å². The predicted octanol–water partition coefficient (Wildman–Crippen LogP) is -1.91. The van der Waals surface area contributed by atoms with Crippen LogP contribution in [0.4, 0.5) is 0 Å². The predicted molar refractivity (Wildman–Crippen MR) is 105 cm³/mol. The fourth-order valence-electron chi connectivity index (χ4n) is 2.84. The summed E-state index contributed by atoms with van der Waals surface area (Å²) in [7, 11) is -4.10. The highest BCUT2D eigenvalue weighted by atomic mass is 28.4. The second-order valence-electron chi connectivity index (χ2n) is 7.36. The SMILES string of the molecule is CCCOCC1([Si]2(C)O[SiH2]OC([SiH3])(CCCOCC3CO3)O[SiH2]O2)CO1. The van der Waals surface area contributed by atoms with Crippen LogP contribution < -0.4 is 0 Å². The molecule has 3 aliphatic heterocycles. The summed E-state index contributed by atoms with van der Waals surface area (Å²) in [5.74, 6) is 0. The van der Waals surface area contributed by atoms with Gasteiger partial charge in [-0.1, -0.05) is 6.92 Å². The summed E-state index contributed by atoms with van der Waals surface area (Å²) in [6.07, 6.45) is 3.05. The third-order valence-electron chi connectivity index (χ3n) is 5.03. The maximum Gasteiger partial charge on any atom is 0.354 e. The standard InChI is InChI=1S/C14H32O8Si4/c1-3-6-16-10-13(11-18-13)26(2)21-24-19-14(23,20-25-22-26)5-4-7-15-8-12-9-17-12/h12H,3-11,24-25H2,1-2,23H3. The van der Waals surface area contributed by atoms with Crippen molar-refractivity contribution in [2.24, 2.45) is 0 Å². The minimum Gasteiger partial charge on any atom is -0.418 e. The van der Waals surface area contributed by atoms with E-state index in [2.05, 4.69) is 13.5 Å². The summed E-state index contributed by atoms with van der Waals surface area (Å²) < 4.78 is 46.9. The van der Waals surface area contributed by atoms with Crippen molar-refractivity contribution >= 4 is 38.8 Å². The molecule has 3 aliphatic rings. The van der Waals surface area contributed by atoms with Gasteiger partial charge in [0.05, 0.1) is 36.7 Å². The van der Waals surface area contributed by atoms with Crippen LogP contribution in [0.5, 0.6) is 0 Å². The highest BCUT2D eigenvalue weighted by Gasteiger charge is 2.65. The van der Waals surface area contributed by atoms with Crippen molar-refractivity contribution in [2.45, 2.75) is 49.5 Å². The van der Waals surface area contributed by atoms with Crippen molar-refractivity contribution in [3.63, 3.8) is 0 Å². The topological polar surface area (TPSA) is 80.4 Å². The Morgan fingerprint density at radius 2 is 1.88 bits per heavy atom. The quantitative estimate of drug-likeness (QED) is 0.209. The molecule has 2 atom stereocenters. The van der Waals surface area contributed by atoms with Gasteiger partial charge >= 0.3 is 8.56 Å². The molecule has 2 unspecified atom stereocenters. The number of rotatable bonds is 11. The Labute approximate surface area is 164 Å². The lowest BCUT2D eigenvalue weighted by atomic mass is 10.3. The maximum absolute atomic E-state index is 6.25. The van der Waals surface area contributed by atoms with E-state index in [0.717, 1.165) is 42.7 Å². The van der Waals surface area contributed by atoms with Crippen LogP contribution in [0.15, 0.2) is 0 Å². The first kappa shape index (κ1) is 21.3. The Balaban J connectivity index is 1.40. The molecule has 0 spiro atoms. The number of epoxide rings is 2. The fraction of sp³-hybridized carbons (Fsp3) is 1.00. The molecule has 8 nitrogen and oxygen atoms in total. The van der Waals surface area contributed by atoms with E-state index in [1.807, 2.05) is 0 Å². The van der Waals surface area contributed by atoms with Gasteiger partial charge in [0.2, 0.25) is 0 Å². The van der Waals surface area contributed by atoms with Gasteiger partial charge in [-0.15, -0.1) is 0 Å². The van der Waals surface area contributed by atoms with Gasteiger partial charge in [0.15, 0.2) is 5.22 Å². The van der Waals surface area contributed by atoms with Gasteiger partial charge in [-0.05, 0) is 25.8 Å². The van der Waals surface area contributed by atoms with E-state index in [-0.39, 0.29) is 5.22 Å². The molecule has 0 aromatic carbocycles. The van der Waals surface area contributed by atoms with E-state index < -0.39 is 34.0 Å². The molecule has 0 saturated carbocycles. The van der Waals surface area contributed by atoms with Crippen LogP contribution in [-0.4, -0.2) is 95.2 Å². The zero-order chi connectivity index (χ0) is 18.5. The molecular formula is C14H32O8Si4. The highest BCUT2D eigenvalue weighted by molar-refractivity contribution is 6.76. The largest absolute Gasteiger partial charge is 0.418 e. The molecule has 0 aromatic rings. The maximum atomic E-state index is 6.25. The fourth-order valence-corrected chi connectivity index (χ4v) is 11.4. The molecule has 3 saturated heterocycles. The third kappa shape index (κ3) is 5.78. The van der Waals surface area contributed by atoms with Gasteiger partial charge in [-0.2, -0.15) is 0 Å². The molecule has 3 fully saturated rings. The summed E-state index contributed by atoms with van der Waals surface area (Å²) in [4.78, 5) is 0. The molecule has 3 rings (SSSR count). The first-order valence-electron chi connectivity index (χ1n) is 9.48. The molecule has 0 amide bonds. The summed E-state index contributed by atoms with van der Waals surface area (Å²) in [6.45, 7) is 8.32. The van der Waals surface area contributed by atoms with Crippen molar-refractivity contribution in [1.82, 2.24) is 0 Å². The molecule has 3 heterocycles. The molecule has 12 heteroatoms. The Morgan fingerprint density at radius 3 is 2.46 bits per heavy atom. The van der Waals surface area contributed by atoms with Crippen molar-refractivity contribution in [2.75, 3.05) is 39.6 Å². The van der Waals surface area contributed by atoms with E-state index in [1.165, 1.54) is 0 Å². The monoisotopic (exact) mass is 440 g/mol. The van der Waals surface area contributed by atoms with Crippen molar-refractivity contribution < 1.29 is 36.0 Å². The molecule has 0 bridgehead atoms. The molecule has 0 N–H and O–H groups in total. The Morgan fingerprint density at radius 1 is 1.19 bits per heavy atom. The molecule has 0 aliphatic carbocycles. The highest BCUT2D eigenvalue weighted by Crippen LogP contribution is 2.39. The number of hydrogen-bond donors (Lipinski definition) is 0. The van der Waals surface area contributed by atoms with Crippen LogP contribution in [-0.2, 0) is 36.0 Å². The van der Waals surface area contributed by atoms with E-state index in [4.69, 9.17) is 36.0 Å². The zero-order valence-electron chi connectivity index (χ0n) is 16.1. The normalized spacial score (nSPS) is 42.0. The third-order valence-corrected chi connectivity index (χ3v) is 16.2. The van der Waals surface area contributed by atoms with E-state index in [1.54, 1.807) is 0 Å². The molecule has 0 radical (unpaired) electrons. The van der Waals surface area contributed by atoms with Gasteiger partial charge in [-0.25, -0.2) is 0 Å². The first-order valence-corrected chi connectivity index (χ1v) is 15.1. The van der Waals surface area contributed by atoms with E-state index in [0.29, 0.717) is 32.5 Å². The van der Waals surface area contributed by atoms with Crippen molar-refractivity contribution in [3.8, 4) is 0 Å². The van der Waals surface area contributed by atoms with Gasteiger partial charge in [-0.3, -0.25) is 0 Å². The van der Waals surface area contributed by atoms with Crippen LogP contribution in [0.25, 0.3) is 0 Å². The lowest BCUT2D eigenvalue weighted by Crippen LogP contribution is -2.60. The molecule has 152 valence electrons. The zero-order valence-corrected chi connectivity index (χ0v) is 21.9. The smallest absolute Gasteiger partial charge is 0.354 e. The first-order chi connectivity index (χ1) is 12.5. The van der Waals surface area contributed by atoms with Crippen LogP contribution in [0.3, 0.4) is 0 Å². The van der Waals surface area contributed by atoms with Crippen LogP contribution >= 0.6 is 0 Å². The van der Waals surface area contributed by atoms with Gasteiger partial charge in [0.1, 0.15) is 11.5 Å². The minimum atomic E-state index is -2.49. The Hall–Kier alpha value is 0.548. The Kier molecular flexibility index (Phi) is 7.66. The summed E-state index contributed by atoms with van der Waals surface area (Å²) in [5, 5.41) is -0.376. The minimum absolute atomic E-state index is 0.316. The lowest BCUT2D eigenvalue weighted by Gasteiger charge is -2.40. The Bertz CT molecular complexity index is 439. The van der Waals surface area contributed by atoms with Gasteiger partial charge in [0, 0.05) is 13.2 Å². The van der Waals surface area contributed by atoms with Crippen LogP contribution in [0, 0.1) is 0 Å². The van der Waals surface area contributed by atoms with Gasteiger partial charge < -0.3 is 36.0 Å². The lowest BCUT2D eigenvalue weighted by molar-refractivity contribution is -0.0712. The summed E-state index contributed by atoms with van der Waals surface area (Å²) in [5.41, 5.74) is -0.482. The molecular weight excluding hydrogens is 408 g/mol. The average Bonchev–Trinajstić information content (AvgIpc) is 3.49. The van der Waals surface area contributed by atoms with Crippen LogP contribution in [0.1, 0.15) is 26.2 Å². The molecule has 26 heavy (non-hydrogen) atoms.